The zero-order valence-corrected chi connectivity index (χ0v) is 18.2. The van der Waals surface area contributed by atoms with Crippen molar-refractivity contribution in [1.82, 2.24) is 10.2 Å². The van der Waals surface area contributed by atoms with Crippen molar-refractivity contribution in [3.63, 3.8) is 0 Å². The summed E-state index contributed by atoms with van der Waals surface area (Å²) in [6.45, 7) is 5.05. The Bertz CT molecular complexity index is 825. The van der Waals surface area contributed by atoms with Gasteiger partial charge >= 0.3 is 0 Å². The topological polar surface area (TPSA) is 32.3 Å². The van der Waals surface area contributed by atoms with Gasteiger partial charge in [-0.1, -0.05) is 46.3 Å². The van der Waals surface area contributed by atoms with Crippen LogP contribution in [0.2, 0.25) is 0 Å². The number of hydrogen-bond acceptors (Lipinski definition) is 2. The lowest BCUT2D eigenvalue weighted by Crippen LogP contribution is -2.40. The van der Waals surface area contributed by atoms with Gasteiger partial charge in [-0.05, 0) is 86.5 Å². The lowest BCUT2D eigenvalue weighted by Gasteiger charge is -2.32. The summed E-state index contributed by atoms with van der Waals surface area (Å²) >= 11 is 3.49. The number of fused-ring (bicyclic) bond motifs is 1. The molecule has 4 rings (SSSR count). The average Bonchev–Trinajstić information content (AvgIpc) is 3.18. The number of amides is 1. The number of carbonyl (C=O) groups excluding carboxylic acids is 1. The number of piperidine rings is 1. The maximum atomic E-state index is 12.8. The second kappa shape index (κ2) is 8.79. The van der Waals surface area contributed by atoms with Crippen molar-refractivity contribution in [2.45, 2.75) is 51.6 Å². The van der Waals surface area contributed by atoms with Crippen LogP contribution >= 0.6 is 15.9 Å². The number of rotatable bonds is 5. The highest BCUT2D eigenvalue weighted by molar-refractivity contribution is 9.10. The second-order valence-corrected chi connectivity index (χ2v) is 9.20. The molecule has 1 atom stereocenters. The Kier molecular flexibility index (Phi) is 6.17. The normalized spacial score (nSPS) is 18.6. The molecule has 0 radical (unpaired) electrons. The summed E-state index contributed by atoms with van der Waals surface area (Å²) in [6.07, 6.45) is 5.53. The fraction of sp³-hybridized carbons (Fsp3) is 0.458. The molecular weight excluding hydrogens is 412 g/mol. The van der Waals surface area contributed by atoms with E-state index in [0.717, 1.165) is 36.9 Å². The number of nitrogens with one attached hydrogen (secondary N) is 1. The SMILES string of the molecule is C[C@H](NC(=O)C1CCN(Cc2ccc(Br)cc2)CC1)c1ccc2c(c1)CCC2. The first-order chi connectivity index (χ1) is 13.6. The van der Waals surface area contributed by atoms with Gasteiger partial charge in [-0.25, -0.2) is 0 Å². The highest BCUT2D eigenvalue weighted by Gasteiger charge is 2.26. The van der Waals surface area contributed by atoms with E-state index >= 15 is 0 Å². The second-order valence-electron chi connectivity index (χ2n) is 8.29. The van der Waals surface area contributed by atoms with Crippen molar-refractivity contribution >= 4 is 21.8 Å². The molecule has 1 N–H and O–H groups in total. The maximum Gasteiger partial charge on any atom is 0.223 e. The number of aryl methyl sites for hydroxylation is 2. The number of likely N-dealkylation sites (tertiary alicyclic amines) is 1. The summed E-state index contributed by atoms with van der Waals surface area (Å²) in [4.78, 5) is 15.2. The number of hydrogen-bond donors (Lipinski definition) is 1. The molecule has 0 spiro atoms. The Morgan fingerprint density at radius 3 is 2.57 bits per heavy atom. The maximum absolute atomic E-state index is 12.8. The molecule has 1 amide bonds. The van der Waals surface area contributed by atoms with Gasteiger partial charge in [0.05, 0.1) is 6.04 Å². The Morgan fingerprint density at radius 2 is 1.82 bits per heavy atom. The summed E-state index contributed by atoms with van der Waals surface area (Å²) in [5, 5.41) is 3.27. The van der Waals surface area contributed by atoms with E-state index in [4.69, 9.17) is 0 Å². The fourth-order valence-corrected chi connectivity index (χ4v) is 4.74. The monoisotopic (exact) mass is 440 g/mol. The predicted octanol–water partition coefficient (Wildman–Crippen LogP) is 5.03. The van der Waals surface area contributed by atoms with E-state index in [1.165, 1.54) is 41.5 Å². The summed E-state index contributed by atoms with van der Waals surface area (Å²) in [6, 6.07) is 15.3. The summed E-state index contributed by atoms with van der Waals surface area (Å²) in [5.74, 6) is 0.356. The van der Waals surface area contributed by atoms with Gasteiger partial charge in [0.25, 0.3) is 0 Å². The largest absolute Gasteiger partial charge is 0.349 e. The Hall–Kier alpha value is -1.65. The van der Waals surface area contributed by atoms with E-state index in [0.29, 0.717) is 0 Å². The van der Waals surface area contributed by atoms with Gasteiger partial charge < -0.3 is 5.32 Å². The van der Waals surface area contributed by atoms with Crippen LogP contribution in [0.3, 0.4) is 0 Å². The first kappa shape index (κ1) is 19.7. The molecular formula is C24H29BrN2O. The Labute approximate surface area is 176 Å². The molecule has 0 saturated carbocycles. The molecule has 1 fully saturated rings. The van der Waals surface area contributed by atoms with Crippen LogP contribution in [0.5, 0.6) is 0 Å². The van der Waals surface area contributed by atoms with Crippen LogP contribution < -0.4 is 5.32 Å². The van der Waals surface area contributed by atoms with Gasteiger partial charge in [-0.2, -0.15) is 0 Å². The quantitative estimate of drug-likeness (QED) is 0.706. The number of nitrogens with zero attached hydrogens (tertiary/aromatic N) is 1. The molecule has 1 aliphatic carbocycles. The van der Waals surface area contributed by atoms with E-state index in [-0.39, 0.29) is 17.9 Å². The van der Waals surface area contributed by atoms with Crippen LogP contribution in [0.25, 0.3) is 0 Å². The molecule has 0 aromatic heterocycles. The van der Waals surface area contributed by atoms with Gasteiger partial charge in [-0.15, -0.1) is 0 Å². The predicted molar refractivity (Wildman–Crippen MR) is 117 cm³/mol. The Balaban J connectivity index is 1.27. The van der Waals surface area contributed by atoms with E-state index in [1.54, 1.807) is 0 Å². The van der Waals surface area contributed by atoms with Gasteiger partial charge in [0, 0.05) is 16.9 Å². The molecule has 3 nitrogen and oxygen atoms in total. The molecule has 2 aliphatic rings. The zero-order valence-electron chi connectivity index (χ0n) is 16.6. The van der Waals surface area contributed by atoms with Crippen LogP contribution in [-0.2, 0) is 24.2 Å². The molecule has 0 bridgehead atoms. The van der Waals surface area contributed by atoms with Gasteiger partial charge in [-0.3, -0.25) is 9.69 Å². The van der Waals surface area contributed by atoms with Crippen molar-refractivity contribution in [1.29, 1.82) is 0 Å². The highest BCUT2D eigenvalue weighted by Crippen LogP contribution is 2.26. The summed E-state index contributed by atoms with van der Waals surface area (Å²) in [7, 11) is 0. The van der Waals surface area contributed by atoms with Crippen LogP contribution in [0.15, 0.2) is 46.9 Å². The van der Waals surface area contributed by atoms with E-state index < -0.39 is 0 Å². The molecule has 0 unspecified atom stereocenters. The molecule has 1 saturated heterocycles. The third-order valence-electron chi connectivity index (χ3n) is 6.26. The van der Waals surface area contributed by atoms with E-state index in [9.17, 15) is 4.79 Å². The molecule has 28 heavy (non-hydrogen) atoms. The fourth-order valence-electron chi connectivity index (χ4n) is 4.48. The van der Waals surface area contributed by atoms with Crippen molar-refractivity contribution in [3.05, 3.63) is 69.2 Å². The molecule has 148 valence electrons. The highest BCUT2D eigenvalue weighted by atomic mass is 79.9. The third kappa shape index (κ3) is 4.66. The standard InChI is InChI=1S/C24H29BrN2O/c1-17(21-8-7-19-3-2-4-22(19)15-21)26-24(28)20-11-13-27(14-12-20)16-18-5-9-23(25)10-6-18/h5-10,15,17,20H,2-4,11-14,16H2,1H3,(H,26,28)/t17-/m0/s1. The molecule has 4 heteroatoms. The van der Waals surface area contributed by atoms with Crippen LogP contribution in [0.4, 0.5) is 0 Å². The van der Waals surface area contributed by atoms with Gasteiger partial charge in [0.2, 0.25) is 5.91 Å². The average molecular weight is 441 g/mol. The zero-order chi connectivity index (χ0) is 19.5. The minimum atomic E-state index is 0.0826. The van der Waals surface area contributed by atoms with Gasteiger partial charge in [0.1, 0.15) is 0 Å². The molecule has 1 aliphatic heterocycles. The number of halogens is 1. The first-order valence-corrected chi connectivity index (χ1v) is 11.3. The lowest BCUT2D eigenvalue weighted by atomic mass is 9.94. The van der Waals surface area contributed by atoms with Gasteiger partial charge in [0.15, 0.2) is 0 Å². The summed E-state index contributed by atoms with van der Waals surface area (Å²) < 4.78 is 1.11. The van der Waals surface area contributed by atoms with E-state index in [1.807, 2.05) is 0 Å². The molecule has 2 aromatic carbocycles. The van der Waals surface area contributed by atoms with Crippen molar-refractivity contribution in [2.24, 2.45) is 5.92 Å². The smallest absolute Gasteiger partial charge is 0.223 e. The Morgan fingerprint density at radius 1 is 1.11 bits per heavy atom. The lowest BCUT2D eigenvalue weighted by molar-refractivity contribution is -0.127. The van der Waals surface area contributed by atoms with Crippen molar-refractivity contribution < 1.29 is 4.79 Å². The summed E-state index contributed by atoms with van der Waals surface area (Å²) in [5.41, 5.74) is 5.53. The van der Waals surface area contributed by atoms with Crippen LogP contribution in [-0.4, -0.2) is 23.9 Å². The first-order valence-electron chi connectivity index (χ1n) is 10.5. The number of carbonyl (C=O) groups is 1. The van der Waals surface area contributed by atoms with Crippen LogP contribution in [0, 0.1) is 5.92 Å². The van der Waals surface area contributed by atoms with E-state index in [2.05, 4.69) is 75.5 Å². The van der Waals surface area contributed by atoms with Crippen LogP contribution in [0.1, 0.15) is 54.5 Å². The van der Waals surface area contributed by atoms with Crippen molar-refractivity contribution in [3.8, 4) is 0 Å². The minimum Gasteiger partial charge on any atom is -0.349 e. The van der Waals surface area contributed by atoms with Crippen molar-refractivity contribution in [2.75, 3.05) is 13.1 Å². The number of benzene rings is 2. The third-order valence-corrected chi connectivity index (χ3v) is 6.79. The molecule has 1 heterocycles. The minimum absolute atomic E-state index is 0.0826. The molecule has 2 aromatic rings.